The van der Waals surface area contributed by atoms with E-state index in [1.165, 1.54) is 16.5 Å². The predicted octanol–water partition coefficient (Wildman–Crippen LogP) is 3.29. The molecule has 3 N–H and O–H groups in total. The highest BCUT2D eigenvalue weighted by molar-refractivity contribution is 5.83. The van der Waals surface area contributed by atoms with Crippen LogP contribution in [0, 0.1) is 0 Å². The number of benzene rings is 1. The van der Waals surface area contributed by atoms with Crippen LogP contribution in [0.25, 0.3) is 10.9 Å². The zero-order valence-corrected chi connectivity index (χ0v) is 15.3. The van der Waals surface area contributed by atoms with E-state index in [0.29, 0.717) is 0 Å². The van der Waals surface area contributed by atoms with E-state index in [9.17, 15) is 0 Å². The number of H-pyrrole nitrogens is 1. The third kappa shape index (κ3) is 5.09. The van der Waals surface area contributed by atoms with E-state index in [2.05, 4.69) is 63.0 Å². The summed E-state index contributed by atoms with van der Waals surface area (Å²) in [5, 5.41) is 8.01. The van der Waals surface area contributed by atoms with Gasteiger partial charge in [-0.2, -0.15) is 0 Å². The van der Waals surface area contributed by atoms with Crippen LogP contribution in [0.1, 0.15) is 24.6 Å². The van der Waals surface area contributed by atoms with Crippen LogP contribution in [-0.2, 0) is 12.8 Å². The molecular formula is C21H27N5. The number of aromatic nitrogens is 2. The Hall–Kier alpha value is -2.82. The summed E-state index contributed by atoms with van der Waals surface area (Å²) in [6.45, 7) is 4.57. The van der Waals surface area contributed by atoms with Crippen molar-refractivity contribution in [3.63, 3.8) is 0 Å². The molecule has 0 aliphatic heterocycles. The Kier molecular flexibility index (Phi) is 6.65. The zero-order valence-electron chi connectivity index (χ0n) is 15.3. The molecule has 0 amide bonds. The Balaban J connectivity index is 1.46. The molecule has 0 unspecified atom stereocenters. The summed E-state index contributed by atoms with van der Waals surface area (Å²) in [6.07, 6.45) is 6.89. The Labute approximate surface area is 155 Å². The number of guanidine groups is 1. The van der Waals surface area contributed by atoms with Gasteiger partial charge in [-0.15, -0.1) is 0 Å². The molecule has 2 heterocycles. The van der Waals surface area contributed by atoms with Gasteiger partial charge in [0.05, 0.1) is 0 Å². The first kappa shape index (κ1) is 18.0. The number of para-hydroxylation sites is 1. The third-order valence-corrected chi connectivity index (χ3v) is 4.29. The minimum Gasteiger partial charge on any atom is -0.361 e. The Morgan fingerprint density at radius 1 is 1.08 bits per heavy atom. The van der Waals surface area contributed by atoms with E-state index in [4.69, 9.17) is 0 Å². The predicted molar refractivity (Wildman–Crippen MR) is 109 cm³/mol. The molecule has 0 fully saturated rings. The molecule has 0 radical (unpaired) electrons. The fraction of sp³-hybridized carbons (Fsp3) is 0.333. The second kappa shape index (κ2) is 9.61. The van der Waals surface area contributed by atoms with Crippen LogP contribution in [0.15, 0.2) is 59.9 Å². The van der Waals surface area contributed by atoms with Gasteiger partial charge in [0.1, 0.15) is 0 Å². The van der Waals surface area contributed by atoms with Crippen LogP contribution >= 0.6 is 0 Å². The van der Waals surface area contributed by atoms with Crippen molar-refractivity contribution in [2.24, 2.45) is 4.99 Å². The molecule has 136 valence electrons. The molecule has 0 saturated heterocycles. The lowest BCUT2D eigenvalue weighted by atomic mass is 10.1. The maximum absolute atomic E-state index is 4.69. The van der Waals surface area contributed by atoms with Crippen molar-refractivity contribution in [1.82, 2.24) is 20.6 Å². The fourth-order valence-corrected chi connectivity index (χ4v) is 3.00. The lowest BCUT2D eigenvalue weighted by Crippen LogP contribution is -2.38. The van der Waals surface area contributed by atoms with E-state index < -0.39 is 0 Å². The first-order chi connectivity index (χ1) is 12.9. The van der Waals surface area contributed by atoms with Crippen molar-refractivity contribution in [3.8, 4) is 0 Å². The number of nitrogens with one attached hydrogen (secondary N) is 3. The van der Waals surface area contributed by atoms with Crippen LogP contribution in [0.4, 0.5) is 0 Å². The van der Waals surface area contributed by atoms with Crippen molar-refractivity contribution in [2.75, 3.05) is 19.6 Å². The number of aromatic amines is 1. The number of hydrogen-bond donors (Lipinski definition) is 3. The number of pyridine rings is 1. The minimum atomic E-state index is 0.804. The second-order valence-corrected chi connectivity index (χ2v) is 6.22. The van der Waals surface area contributed by atoms with Gasteiger partial charge in [-0.1, -0.05) is 24.3 Å². The molecule has 5 heteroatoms. The smallest absolute Gasteiger partial charge is 0.191 e. The van der Waals surface area contributed by atoms with Crippen molar-refractivity contribution in [2.45, 2.75) is 26.2 Å². The van der Waals surface area contributed by atoms with E-state index in [1.807, 2.05) is 24.4 Å². The van der Waals surface area contributed by atoms with Crippen molar-refractivity contribution < 1.29 is 0 Å². The van der Waals surface area contributed by atoms with Crippen LogP contribution in [-0.4, -0.2) is 35.6 Å². The lowest BCUT2D eigenvalue weighted by molar-refractivity contribution is 0.771. The summed E-state index contributed by atoms with van der Waals surface area (Å²) in [5.74, 6) is 0.877. The Morgan fingerprint density at radius 3 is 2.81 bits per heavy atom. The van der Waals surface area contributed by atoms with Gasteiger partial charge in [-0.3, -0.25) is 9.98 Å². The normalized spacial score (nSPS) is 11.7. The van der Waals surface area contributed by atoms with Gasteiger partial charge >= 0.3 is 0 Å². The monoisotopic (exact) mass is 349 g/mol. The standard InChI is InChI=1S/C21H27N5/c1-2-22-21(25-15-12-18-9-5-6-13-23-18)24-14-7-8-17-16-26-20-11-4-3-10-19(17)20/h3-6,9-11,13,16,26H,2,7-8,12,14-15H2,1H3,(H2,22,24,25). The summed E-state index contributed by atoms with van der Waals surface area (Å²) in [6, 6.07) is 14.5. The number of fused-ring (bicyclic) bond motifs is 1. The fourth-order valence-electron chi connectivity index (χ4n) is 3.00. The van der Waals surface area contributed by atoms with Crippen molar-refractivity contribution in [1.29, 1.82) is 0 Å². The van der Waals surface area contributed by atoms with Crippen LogP contribution < -0.4 is 10.6 Å². The molecule has 0 aliphatic rings. The SMILES string of the molecule is CCNC(=NCCCc1c[nH]c2ccccc12)NCCc1ccccn1. The molecule has 0 saturated carbocycles. The topological polar surface area (TPSA) is 65.1 Å². The maximum atomic E-state index is 4.69. The summed E-state index contributed by atoms with van der Waals surface area (Å²) < 4.78 is 0. The Bertz CT molecular complexity index is 823. The lowest BCUT2D eigenvalue weighted by Gasteiger charge is -2.11. The van der Waals surface area contributed by atoms with E-state index in [1.54, 1.807) is 0 Å². The first-order valence-corrected chi connectivity index (χ1v) is 9.34. The van der Waals surface area contributed by atoms with E-state index in [0.717, 1.165) is 50.6 Å². The van der Waals surface area contributed by atoms with Gasteiger partial charge in [0.15, 0.2) is 5.96 Å². The average molecular weight is 349 g/mol. The van der Waals surface area contributed by atoms with Crippen LogP contribution in [0.2, 0.25) is 0 Å². The first-order valence-electron chi connectivity index (χ1n) is 9.34. The summed E-state index contributed by atoms with van der Waals surface area (Å²) in [4.78, 5) is 12.4. The van der Waals surface area contributed by atoms with Gasteiger partial charge < -0.3 is 15.6 Å². The highest BCUT2D eigenvalue weighted by Crippen LogP contribution is 2.18. The van der Waals surface area contributed by atoms with E-state index >= 15 is 0 Å². The van der Waals surface area contributed by atoms with Crippen LogP contribution in [0.3, 0.4) is 0 Å². The van der Waals surface area contributed by atoms with Gasteiger partial charge in [-0.25, -0.2) is 0 Å². The number of aryl methyl sites for hydroxylation is 1. The third-order valence-electron chi connectivity index (χ3n) is 4.29. The molecule has 0 bridgehead atoms. The second-order valence-electron chi connectivity index (χ2n) is 6.22. The minimum absolute atomic E-state index is 0.804. The molecule has 3 rings (SSSR count). The number of nitrogens with zero attached hydrogens (tertiary/aromatic N) is 2. The molecule has 0 spiro atoms. The molecule has 3 aromatic rings. The molecule has 0 atom stereocenters. The van der Waals surface area contributed by atoms with E-state index in [-0.39, 0.29) is 0 Å². The number of rotatable bonds is 8. The Morgan fingerprint density at radius 2 is 1.96 bits per heavy atom. The largest absolute Gasteiger partial charge is 0.361 e. The molecule has 1 aromatic carbocycles. The van der Waals surface area contributed by atoms with Gasteiger partial charge in [0, 0.05) is 55.0 Å². The highest BCUT2D eigenvalue weighted by atomic mass is 15.2. The average Bonchev–Trinajstić information content (AvgIpc) is 3.09. The molecule has 5 nitrogen and oxygen atoms in total. The summed E-state index contributed by atoms with van der Waals surface area (Å²) in [5.41, 5.74) is 3.66. The van der Waals surface area contributed by atoms with Gasteiger partial charge in [-0.05, 0) is 43.5 Å². The molecular weight excluding hydrogens is 322 g/mol. The van der Waals surface area contributed by atoms with Crippen LogP contribution in [0.5, 0.6) is 0 Å². The number of hydrogen-bond acceptors (Lipinski definition) is 2. The molecule has 0 aliphatic carbocycles. The van der Waals surface area contributed by atoms with Crippen molar-refractivity contribution >= 4 is 16.9 Å². The quantitative estimate of drug-likeness (QED) is 0.332. The number of aliphatic imine (C=N–C) groups is 1. The molecule has 26 heavy (non-hydrogen) atoms. The maximum Gasteiger partial charge on any atom is 0.191 e. The summed E-state index contributed by atoms with van der Waals surface area (Å²) >= 11 is 0. The highest BCUT2D eigenvalue weighted by Gasteiger charge is 2.03. The van der Waals surface area contributed by atoms with Gasteiger partial charge in [0.2, 0.25) is 0 Å². The molecule has 2 aromatic heterocycles. The van der Waals surface area contributed by atoms with Crippen molar-refractivity contribution in [3.05, 3.63) is 66.1 Å². The van der Waals surface area contributed by atoms with Gasteiger partial charge in [0.25, 0.3) is 0 Å². The summed E-state index contributed by atoms with van der Waals surface area (Å²) in [7, 11) is 0. The zero-order chi connectivity index (χ0) is 18.0.